The number of phenols is 1. The van der Waals surface area contributed by atoms with Crippen LogP contribution >= 0.6 is 0 Å². The van der Waals surface area contributed by atoms with Crippen molar-refractivity contribution < 1.29 is 14.8 Å². The molecule has 0 radical (unpaired) electrons. The van der Waals surface area contributed by atoms with E-state index in [9.17, 15) is 9.90 Å². The van der Waals surface area contributed by atoms with Gasteiger partial charge in [-0.3, -0.25) is 4.79 Å². The minimum absolute atomic E-state index is 0.172. The predicted molar refractivity (Wildman–Crippen MR) is 83.2 cm³/mol. The Kier molecular flexibility index (Phi) is 5.62. The molecular formula is C17H27N2O2+. The maximum absolute atomic E-state index is 12.5. The number of piperidine rings is 1. The van der Waals surface area contributed by atoms with Gasteiger partial charge in [0, 0.05) is 18.7 Å². The number of nitrogens with one attached hydrogen (secondary N) is 1. The summed E-state index contributed by atoms with van der Waals surface area (Å²) in [5.41, 5.74) is 1.22. The Balaban J connectivity index is 1.94. The second kappa shape index (κ2) is 7.46. The lowest BCUT2D eigenvalue weighted by Gasteiger charge is -2.32. The highest BCUT2D eigenvalue weighted by molar-refractivity contribution is 5.78. The van der Waals surface area contributed by atoms with Crippen LogP contribution in [0.25, 0.3) is 0 Å². The van der Waals surface area contributed by atoms with Crippen molar-refractivity contribution in [2.24, 2.45) is 5.92 Å². The number of likely N-dealkylation sites (tertiary alicyclic amines) is 1. The maximum Gasteiger partial charge on any atom is 0.231 e. The summed E-state index contributed by atoms with van der Waals surface area (Å²) in [6.07, 6.45) is 2.14. The van der Waals surface area contributed by atoms with Crippen LogP contribution in [0.3, 0.4) is 0 Å². The van der Waals surface area contributed by atoms with Gasteiger partial charge in [-0.25, -0.2) is 0 Å². The van der Waals surface area contributed by atoms with Crippen LogP contribution in [0.15, 0.2) is 24.3 Å². The van der Waals surface area contributed by atoms with Crippen LogP contribution in [0, 0.1) is 5.92 Å². The lowest BCUT2D eigenvalue weighted by Crippen LogP contribution is -3.12. The van der Waals surface area contributed by atoms with Crippen LogP contribution in [0.1, 0.15) is 32.3 Å². The summed E-state index contributed by atoms with van der Waals surface area (Å²) < 4.78 is 0. The molecule has 0 saturated carbocycles. The van der Waals surface area contributed by atoms with E-state index in [1.54, 1.807) is 12.1 Å². The topological polar surface area (TPSA) is 45.0 Å². The van der Waals surface area contributed by atoms with E-state index >= 15 is 0 Å². The summed E-state index contributed by atoms with van der Waals surface area (Å²) in [6.45, 7) is 8.69. The largest absolute Gasteiger partial charge is 0.508 e. The number of hydrogen-bond donors (Lipinski definition) is 2. The zero-order chi connectivity index (χ0) is 15.2. The second-order valence-electron chi connectivity index (χ2n) is 5.90. The summed E-state index contributed by atoms with van der Waals surface area (Å²) in [7, 11) is 0. The molecule has 1 amide bonds. The highest BCUT2D eigenvalue weighted by atomic mass is 16.3. The fraction of sp³-hybridized carbons (Fsp3) is 0.588. The number of quaternary nitrogens is 1. The number of hydrogen-bond acceptors (Lipinski definition) is 2. The summed E-state index contributed by atoms with van der Waals surface area (Å²) in [4.78, 5) is 15.9. The van der Waals surface area contributed by atoms with Gasteiger partial charge in [0.1, 0.15) is 12.3 Å². The number of nitrogens with zero attached hydrogens (tertiary/aromatic N) is 1. The highest BCUT2D eigenvalue weighted by Gasteiger charge is 2.30. The SMILES string of the molecule is CCN(CC)C(=O)[C@H]1CCC[NH+](Cc2ccc(O)cc2)C1. The Hall–Kier alpha value is -1.55. The summed E-state index contributed by atoms with van der Waals surface area (Å²) in [5, 5.41) is 9.34. The Labute approximate surface area is 127 Å². The lowest BCUT2D eigenvalue weighted by molar-refractivity contribution is -0.921. The smallest absolute Gasteiger partial charge is 0.231 e. The molecule has 0 bridgehead atoms. The van der Waals surface area contributed by atoms with Crippen molar-refractivity contribution >= 4 is 5.91 Å². The Morgan fingerprint density at radius 1 is 1.29 bits per heavy atom. The van der Waals surface area contributed by atoms with Crippen molar-refractivity contribution in [3.8, 4) is 5.75 Å². The number of aromatic hydroxyl groups is 1. The van der Waals surface area contributed by atoms with E-state index in [4.69, 9.17) is 0 Å². The fourth-order valence-electron chi connectivity index (χ4n) is 3.22. The minimum atomic E-state index is 0.172. The van der Waals surface area contributed by atoms with Crippen LogP contribution in [0.5, 0.6) is 5.75 Å². The molecule has 0 aliphatic carbocycles. The van der Waals surface area contributed by atoms with Crippen LogP contribution in [-0.2, 0) is 11.3 Å². The van der Waals surface area contributed by atoms with Gasteiger partial charge in [-0.15, -0.1) is 0 Å². The molecule has 1 saturated heterocycles. The van der Waals surface area contributed by atoms with Crippen molar-refractivity contribution in [3.63, 3.8) is 0 Å². The number of carbonyl (C=O) groups excluding carboxylic acids is 1. The zero-order valence-corrected chi connectivity index (χ0v) is 13.1. The van der Waals surface area contributed by atoms with Gasteiger partial charge in [0.25, 0.3) is 0 Å². The van der Waals surface area contributed by atoms with Crippen molar-refractivity contribution in [2.45, 2.75) is 33.2 Å². The first-order chi connectivity index (χ1) is 10.1. The number of amides is 1. The third-order valence-electron chi connectivity index (χ3n) is 4.43. The lowest BCUT2D eigenvalue weighted by atomic mass is 9.96. The van der Waals surface area contributed by atoms with Crippen LogP contribution < -0.4 is 4.90 Å². The highest BCUT2D eigenvalue weighted by Crippen LogP contribution is 2.13. The van der Waals surface area contributed by atoms with Gasteiger partial charge in [-0.1, -0.05) is 0 Å². The summed E-state index contributed by atoms with van der Waals surface area (Å²) >= 11 is 0. The first-order valence-corrected chi connectivity index (χ1v) is 8.04. The first kappa shape index (κ1) is 15.8. The molecule has 1 aliphatic heterocycles. The predicted octanol–water partition coefficient (Wildman–Crippen LogP) is 1.06. The fourth-order valence-corrected chi connectivity index (χ4v) is 3.22. The molecule has 1 unspecified atom stereocenters. The third-order valence-corrected chi connectivity index (χ3v) is 4.43. The van der Waals surface area contributed by atoms with Crippen molar-refractivity contribution in [1.29, 1.82) is 0 Å². The molecule has 2 N–H and O–H groups in total. The Morgan fingerprint density at radius 2 is 1.95 bits per heavy atom. The van der Waals surface area contributed by atoms with E-state index in [-0.39, 0.29) is 5.92 Å². The Morgan fingerprint density at radius 3 is 2.57 bits per heavy atom. The van der Waals surface area contributed by atoms with Crippen LogP contribution in [0.4, 0.5) is 0 Å². The van der Waals surface area contributed by atoms with E-state index in [0.29, 0.717) is 11.7 Å². The number of benzene rings is 1. The number of carbonyl (C=O) groups is 1. The molecular weight excluding hydrogens is 264 g/mol. The zero-order valence-electron chi connectivity index (χ0n) is 13.1. The van der Waals surface area contributed by atoms with Gasteiger partial charge in [0.2, 0.25) is 5.91 Å². The molecule has 2 atom stereocenters. The maximum atomic E-state index is 12.5. The van der Waals surface area contributed by atoms with Crippen molar-refractivity contribution in [3.05, 3.63) is 29.8 Å². The van der Waals surface area contributed by atoms with Crippen molar-refractivity contribution in [2.75, 3.05) is 26.2 Å². The molecule has 1 heterocycles. The normalized spacial score (nSPS) is 22.0. The van der Waals surface area contributed by atoms with Crippen LogP contribution in [0.2, 0.25) is 0 Å². The quantitative estimate of drug-likeness (QED) is 0.852. The average molecular weight is 291 g/mol. The monoisotopic (exact) mass is 291 g/mol. The molecule has 1 fully saturated rings. The van der Waals surface area contributed by atoms with E-state index in [2.05, 4.69) is 0 Å². The van der Waals surface area contributed by atoms with Gasteiger partial charge >= 0.3 is 0 Å². The van der Waals surface area contributed by atoms with E-state index in [0.717, 1.165) is 45.6 Å². The molecule has 1 aromatic carbocycles. The number of rotatable bonds is 5. The standard InChI is InChI=1S/C17H26N2O2/c1-3-19(4-2)17(21)15-6-5-11-18(13-15)12-14-7-9-16(20)10-8-14/h7-10,15,20H,3-6,11-13H2,1-2H3/p+1/t15-/m0/s1. The van der Waals surface area contributed by atoms with Gasteiger partial charge in [0.15, 0.2) is 0 Å². The molecule has 4 nitrogen and oxygen atoms in total. The molecule has 1 aliphatic rings. The van der Waals surface area contributed by atoms with Gasteiger partial charge in [-0.05, 0) is 51.0 Å². The molecule has 2 rings (SSSR count). The molecule has 116 valence electrons. The molecule has 4 heteroatoms. The summed E-state index contributed by atoms with van der Waals surface area (Å²) in [6, 6.07) is 7.41. The van der Waals surface area contributed by atoms with E-state index < -0.39 is 0 Å². The second-order valence-corrected chi connectivity index (χ2v) is 5.90. The van der Waals surface area contributed by atoms with Crippen molar-refractivity contribution in [1.82, 2.24) is 4.90 Å². The molecule has 0 spiro atoms. The molecule has 21 heavy (non-hydrogen) atoms. The van der Waals surface area contributed by atoms with Gasteiger partial charge in [0.05, 0.1) is 19.0 Å². The van der Waals surface area contributed by atoms with E-state index in [1.807, 2.05) is 30.9 Å². The summed E-state index contributed by atoms with van der Waals surface area (Å²) in [5.74, 6) is 0.802. The number of phenolic OH excluding ortho intramolecular Hbond substituents is 1. The van der Waals surface area contributed by atoms with Gasteiger partial charge < -0.3 is 14.9 Å². The molecule has 0 aromatic heterocycles. The Bertz CT molecular complexity index is 454. The van der Waals surface area contributed by atoms with Crippen LogP contribution in [-0.4, -0.2) is 42.1 Å². The third kappa shape index (κ3) is 4.21. The first-order valence-electron chi connectivity index (χ1n) is 8.04. The molecule has 1 aromatic rings. The van der Waals surface area contributed by atoms with E-state index in [1.165, 1.54) is 10.5 Å². The minimum Gasteiger partial charge on any atom is -0.508 e. The average Bonchev–Trinajstić information content (AvgIpc) is 2.51. The van der Waals surface area contributed by atoms with Gasteiger partial charge in [-0.2, -0.15) is 0 Å².